The van der Waals surface area contributed by atoms with Gasteiger partial charge in [0.1, 0.15) is 11.5 Å². The molecule has 0 fully saturated rings. The van der Waals surface area contributed by atoms with Gasteiger partial charge in [0.15, 0.2) is 0 Å². The van der Waals surface area contributed by atoms with Crippen LogP contribution in [-0.4, -0.2) is 0 Å². The number of hydrogen-bond donors (Lipinski definition) is 1. The quantitative estimate of drug-likeness (QED) is 0.876. The Morgan fingerprint density at radius 2 is 1.74 bits per heavy atom. The number of benzene rings is 2. The maximum atomic E-state index is 5.88. The normalized spacial score (nSPS) is 12.2. The molecule has 0 aliphatic carbocycles. The van der Waals surface area contributed by atoms with E-state index in [2.05, 4.69) is 35.0 Å². The molecule has 2 rings (SSSR count). The topological polar surface area (TPSA) is 35.2 Å². The number of rotatable bonds is 4. The summed E-state index contributed by atoms with van der Waals surface area (Å²) in [5.74, 6) is 1.65. The van der Waals surface area contributed by atoms with Gasteiger partial charge in [-0.15, -0.1) is 0 Å². The summed E-state index contributed by atoms with van der Waals surface area (Å²) < 4.78 is 6.80. The third-order valence-electron chi connectivity index (χ3n) is 3.03. The molecule has 0 heterocycles. The number of halogens is 1. The highest BCUT2D eigenvalue weighted by Gasteiger charge is 2.06. The SMILES string of the molecule is CCc1ccc(Oc2ccc(C(C)N)c(Br)c2)cc1. The summed E-state index contributed by atoms with van der Waals surface area (Å²) in [7, 11) is 0. The predicted molar refractivity (Wildman–Crippen MR) is 82.6 cm³/mol. The van der Waals surface area contributed by atoms with Crippen molar-refractivity contribution in [3.05, 3.63) is 58.1 Å². The van der Waals surface area contributed by atoms with Crippen LogP contribution >= 0.6 is 15.9 Å². The molecule has 0 aliphatic rings. The lowest BCUT2D eigenvalue weighted by Crippen LogP contribution is -2.05. The minimum Gasteiger partial charge on any atom is -0.457 e. The van der Waals surface area contributed by atoms with E-state index in [9.17, 15) is 0 Å². The van der Waals surface area contributed by atoms with Gasteiger partial charge in [-0.1, -0.05) is 41.1 Å². The molecule has 0 aromatic heterocycles. The van der Waals surface area contributed by atoms with Crippen LogP contribution < -0.4 is 10.5 Å². The van der Waals surface area contributed by atoms with Crippen molar-refractivity contribution in [3.8, 4) is 11.5 Å². The fourth-order valence-electron chi connectivity index (χ4n) is 1.87. The highest BCUT2D eigenvalue weighted by atomic mass is 79.9. The van der Waals surface area contributed by atoms with E-state index >= 15 is 0 Å². The number of ether oxygens (including phenoxy) is 1. The van der Waals surface area contributed by atoms with Crippen LogP contribution in [0.3, 0.4) is 0 Å². The molecule has 0 spiro atoms. The van der Waals surface area contributed by atoms with E-state index in [1.165, 1.54) is 5.56 Å². The van der Waals surface area contributed by atoms with Crippen LogP contribution in [0.15, 0.2) is 46.9 Å². The Balaban J connectivity index is 2.16. The second kappa shape index (κ2) is 6.22. The van der Waals surface area contributed by atoms with Gasteiger partial charge in [-0.05, 0) is 48.7 Å². The maximum Gasteiger partial charge on any atom is 0.128 e. The van der Waals surface area contributed by atoms with E-state index in [-0.39, 0.29) is 6.04 Å². The second-order valence-electron chi connectivity index (χ2n) is 4.57. The molecular formula is C16H18BrNO. The van der Waals surface area contributed by atoms with E-state index in [1.54, 1.807) is 0 Å². The molecule has 100 valence electrons. The summed E-state index contributed by atoms with van der Waals surface area (Å²) in [6, 6.07) is 14.0. The van der Waals surface area contributed by atoms with Crippen molar-refractivity contribution in [3.63, 3.8) is 0 Å². The monoisotopic (exact) mass is 319 g/mol. The average molecular weight is 320 g/mol. The van der Waals surface area contributed by atoms with Crippen LogP contribution in [0.5, 0.6) is 11.5 Å². The Morgan fingerprint density at radius 1 is 1.11 bits per heavy atom. The highest BCUT2D eigenvalue weighted by molar-refractivity contribution is 9.10. The van der Waals surface area contributed by atoms with E-state index in [0.29, 0.717) is 0 Å². The first kappa shape index (κ1) is 14.1. The molecule has 2 N–H and O–H groups in total. The van der Waals surface area contributed by atoms with Gasteiger partial charge in [-0.2, -0.15) is 0 Å². The van der Waals surface area contributed by atoms with Crippen molar-refractivity contribution in [2.24, 2.45) is 5.73 Å². The van der Waals surface area contributed by atoms with E-state index in [1.807, 2.05) is 37.3 Å². The molecule has 0 aliphatic heterocycles. The molecule has 0 bridgehead atoms. The maximum absolute atomic E-state index is 5.88. The smallest absolute Gasteiger partial charge is 0.128 e. The van der Waals surface area contributed by atoms with Crippen LogP contribution in [-0.2, 0) is 6.42 Å². The van der Waals surface area contributed by atoms with Crippen LogP contribution in [0.1, 0.15) is 31.0 Å². The van der Waals surface area contributed by atoms with Crippen LogP contribution in [0.25, 0.3) is 0 Å². The summed E-state index contributed by atoms with van der Waals surface area (Å²) in [5.41, 5.74) is 8.26. The Kier molecular flexibility index (Phi) is 4.61. The first-order valence-corrected chi connectivity index (χ1v) is 7.21. The Hall–Kier alpha value is -1.32. The third-order valence-corrected chi connectivity index (χ3v) is 3.72. The predicted octanol–water partition coefficient (Wildman–Crippen LogP) is 4.82. The highest BCUT2D eigenvalue weighted by Crippen LogP contribution is 2.29. The molecule has 2 nitrogen and oxygen atoms in total. The molecule has 1 unspecified atom stereocenters. The van der Waals surface area contributed by atoms with Gasteiger partial charge < -0.3 is 10.5 Å². The van der Waals surface area contributed by atoms with Gasteiger partial charge in [0.25, 0.3) is 0 Å². The fraction of sp³-hybridized carbons (Fsp3) is 0.250. The molecule has 19 heavy (non-hydrogen) atoms. The van der Waals surface area contributed by atoms with E-state index in [0.717, 1.165) is 28.0 Å². The molecular weight excluding hydrogens is 302 g/mol. The van der Waals surface area contributed by atoms with Gasteiger partial charge in [-0.25, -0.2) is 0 Å². The zero-order valence-electron chi connectivity index (χ0n) is 11.2. The van der Waals surface area contributed by atoms with Gasteiger partial charge >= 0.3 is 0 Å². The van der Waals surface area contributed by atoms with Crippen molar-refractivity contribution in [2.45, 2.75) is 26.3 Å². The van der Waals surface area contributed by atoms with Gasteiger partial charge in [-0.3, -0.25) is 0 Å². The van der Waals surface area contributed by atoms with Crippen molar-refractivity contribution in [2.75, 3.05) is 0 Å². The van der Waals surface area contributed by atoms with Crippen LogP contribution in [0.2, 0.25) is 0 Å². The Morgan fingerprint density at radius 3 is 2.26 bits per heavy atom. The van der Waals surface area contributed by atoms with Crippen LogP contribution in [0, 0.1) is 0 Å². The van der Waals surface area contributed by atoms with Crippen molar-refractivity contribution >= 4 is 15.9 Å². The summed E-state index contributed by atoms with van der Waals surface area (Å²) >= 11 is 3.52. The van der Waals surface area contributed by atoms with E-state index < -0.39 is 0 Å². The average Bonchev–Trinajstić information content (AvgIpc) is 2.39. The second-order valence-corrected chi connectivity index (χ2v) is 5.43. The fourth-order valence-corrected chi connectivity index (χ4v) is 2.59. The Bertz CT molecular complexity index is 549. The molecule has 2 aromatic carbocycles. The summed E-state index contributed by atoms with van der Waals surface area (Å²) in [4.78, 5) is 0. The first-order chi connectivity index (χ1) is 9.10. The largest absolute Gasteiger partial charge is 0.457 e. The summed E-state index contributed by atoms with van der Waals surface area (Å²) in [5, 5.41) is 0. The standard InChI is InChI=1S/C16H18BrNO/c1-3-12-4-6-13(7-5-12)19-14-8-9-15(11(2)18)16(17)10-14/h4-11H,3,18H2,1-2H3. The molecule has 3 heteroatoms. The lowest BCUT2D eigenvalue weighted by molar-refractivity contribution is 0.481. The van der Waals surface area contributed by atoms with Crippen LogP contribution in [0.4, 0.5) is 0 Å². The van der Waals surface area contributed by atoms with Gasteiger partial charge in [0.2, 0.25) is 0 Å². The molecule has 0 radical (unpaired) electrons. The summed E-state index contributed by atoms with van der Waals surface area (Å²) in [6.45, 7) is 4.10. The van der Waals surface area contributed by atoms with E-state index in [4.69, 9.17) is 10.5 Å². The molecule has 0 saturated carbocycles. The van der Waals surface area contributed by atoms with Gasteiger partial charge in [0, 0.05) is 10.5 Å². The number of aryl methyl sites for hydroxylation is 1. The lowest BCUT2D eigenvalue weighted by Gasteiger charge is -2.11. The number of hydrogen-bond acceptors (Lipinski definition) is 2. The summed E-state index contributed by atoms with van der Waals surface area (Å²) in [6.07, 6.45) is 1.04. The van der Waals surface area contributed by atoms with Crippen molar-refractivity contribution < 1.29 is 4.74 Å². The zero-order chi connectivity index (χ0) is 13.8. The minimum atomic E-state index is 0.00672. The Labute approximate surface area is 122 Å². The third kappa shape index (κ3) is 3.58. The molecule has 0 amide bonds. The number of nitrogens with two attached hydrogens (primary N) is 1. The lowest BCUT2D eigenvalue weighted by atomic mass is 10.1. The van der Waals surface area contributed by atoms with Gasteiger partial charge in [0.05, 0.1) is 0 Å². The minimum absolute atomic E-state index is 0.00672. The zero-order valence-corrected chi connectivity index (χ0v) is 12.8. The first-order valence-electron chi connectivity index (χ1n) is 6.42. The van der Waals surface area contributed by atoms with Crippen molar-refractivity contribution in [1.82, 2.24) is 0 Å². The molecule has 0 saturated heterocycles. The van der Waals surface area contributed by atoms with Crippen molar-refractivity contribution in [1.29, 1.82) is 0 Å². The molecule has 2 aromatic rings. The molecule has 1 atom stereocenters.